The molecule has 0 atom stereocenters. The molecule has 2 aromatic carbocycles. The normalized spacial score (nSPS) is 11.9. The van der Waals surface area contributed by atoms with Crippen LogP contribution in [0, 0.1) is 6.92 Å². The molecule has 0 radical (unpaired) electrons. The minimum absolute atomic E-state index is 0.0763. The van der Waals surface area contributed by atoms with Crippen LogP contribution in [0.3, 0.4) is 0 Å². The maximum absolute atomic E-state index is 12.9. The molecule has 3 rings (SSSR count). The van der Waals surface area contributed by atoms with E-state index in [-0.39, 0.29) is 16.7 Å². The maximum Gasteiger partial charge on any atom is 0.417 e. The zero-order valence-corrected chi connectivity index (χ0v) is 15.2. The second-order valence-electron chi connectivity index (χ2n) is 6.03. The Balaban J connectivity index is 1.82. The van der Waals surface area contributed by atoms with E-state index >= 15 is 0 Å². The Morgan fingerprint density at radius 1 is 1.18 bits per heavy atom. The summed E-state index contributed by atoms with van der Waals surface area (Å²) in [4.78, 5) is 24.5. The van der Waals surface area contributed by atoms with Gasteiger partial charge in [0.1, 0.15) is 11.8 Å². The Morgan fingerprint density at radius 2 is 1.93 bits per heavy atom. The van der Waals surface area contributed by atoms with E-state index in [4.69, 9.17) is 16.0 Å². The van der Waals surface area contributed by atoms with Gasteiger partial charge in [0.15, 0.2) is 5.43 Å². The van der Waals surface area contributed by atoms with Gasteiger partial charge in [0.2, 0.25) is 5.91 Å². The standard InChI is InChI=1S/C20H13ClF3NO3/c1-11-2-6-17-14(8-11)19(27)12(10-28-17)3-7-18(26)25-13-4-5-16(21)15(9-13)20(22,23)24/h2-10H,1H3,(H,25,26)/b7-3+. The Bertz CT molecular complexity index is 1150. The third kappa shape index (κ3) is 4.26. The monoisotopic (exact) mass is 407 g/mol. The van der Waals surface area contributed by atoms with Crippen LogP contribution in [-0.2, 0) is 11.0 Å². The molecule has 0 aliphatic heterocycles. The zero-order valence-electron chi connectivity index (χ0n) is 14.4. The van der Waals surface area contributed by atoms with Crippen molar-refractivity contribution in [1.29, 1.82) is 0 Å². The molecule has 0 saturated heterocycles. The highest BCUT2D eigenvalue weighted by atomic mass is 35.5. The first-order chi connectivity index (χ1) is 13.1. The minimum Gasteiger partial charge on any atom is -0.463 e. The molecule has 144 valence electrons. The molecule has 0 unspecified atom stereocenters. The number of alkyl halides is 3. The smallest absolute Gasteiger partial charge is 0.417 e. The number of aryl methyl sites for hydroxylation is 1. The fraction of sp³-hybridized carbons (Fsp3) is 0.100. The van der Waals surface area contributed by atoms with Crippen LogP contribution in [0.4, 0.5) is 18.9 Å². The third-order valence-electron chi connectivity index (χ3n) is 3.91. The van der Waals surface area contributed by atoms with E-state index in [0.717, 1.165) is 23.8 Å². The van der Waals surface area contributed by atoms with Crippen molar-refractivity contribution in [1.82, 2.24) is 0 Å². The minimum atomic E-state index is -4.64. The quantitative estimate of drug-likeness (QED) is 0.589. The molecule has 0 fully saturated rings. The molecule has 28 heavy (non-hydrogen) atoms. The lowest BCUT2D eigenvalue weighted by Gasteiger charge is -2.11. The average Bonchev–Trinajstić information content (AvgIpc) is 2.62. The second-order valence-corrected chi connectivity index (χ2v) is 6.44. The van der Waals surface area contributed by atoms with E-state index in [9.17, 15) is 22.8 Å². The lowest BCUT2D eigenvalue weighted by atomic mass is 10.1. The molecule has 0 bridgehead atoms. The number of hydrogen-bond donors (Lipinski definition) is 1. The number of rotatable bonds is 3. The van der Waals surface area contributed by atoms with Gasteiger partial charge < -0.3 is 9.73 Å². The van der Waals surface area contributed by atoms with Crippen LogP contribution in [0.5, 0.6) is 0 Å². The second kappa shape index (κ2) is 7.52. The van der Waals surface area contributed by atoms with Crippen molar-refractivity contribution in [2.75, 3.05) is 5.32 Å². The molecular formula is C20H13ClF3NO3. The Kier molecular flexibility index (Phi) is 5.29. The van der Waals surface area contributed by atoms with Crippen molar-refractivity contribution in [2.24, 2.45) is 0 Å². The van der Waals surface area contributed by atoms with E-state index in [1.165, 1.54) is 18.4 Å². The van der Waals surface area contributed by atoms with Gasteiger partial charge in [-0.1, -0.05) is 23.2 Å². The van der Waals surface area contributed by atoms with Crippen molar-refractivity contribution >= 4 is 40.2 Å². The maximum atomic E-state index is 12.9. The number of carbonyl (C=O) groups excluding carboxylic acids is 1. The highest BCUT2D eigenvalue weighted by Crippen LogP contribution is 2.36. The van der Waals surface area contributed by atoms with Crippen LogP contribution in [0.2, 0.25) is 5.02 Å². The molecule has 1 heterocycles. The van der Waals surface area contributed by atoms with E-state index < -0.39 is 22.7 Å². The van der Waals surface area contributed by atoms with Crippen molar-refractivity contribution < 1.29 is 22.4 Å². The van der Waals surface area contributed by atoms with Gasteiger partial charge in [-0.15, -0.1) is 0 Å². The average molecular weight is 408 g/mol. The molecule has 1 aromatic heterocycles. The molecule has 3 aromatic rings. The molecule has 1 amide bonds. The molecular weight excluding hydrogens is 395 g/mol. The number of halogens is 4. The van der Waals surface area contributed by atoms with Gasteiger partial charge >= 0.3 is 6.18 Å². The first-order valence-corrected chi connectivity index (χ1v) is 8.41. The largest absolute Gasteiger partial charge is 0.463 e. The van der Waals surface area contributed by atoms with Crippen LogP contribution in [0.1, 0.15) is 16.7 Å². The molecule has 8 heteroatoms. The summed E-state index contributed by atoms with van der Waals surface area (Å²) in [5, 5.41) is 2.20. The summed E-state index contributed by atoms with van der Waals surface area (Å²) in [5.74, 6) is -0.709. The Morgan fingerprint density at radius 3 is 2.64 bits per heavy atom. The van der Waals surface area contributed by atoms with Crippen LogP contribution in [0.25, 0.3) is 17.0 Å². The molecule has 0 aliphatic rings. The summed E-state index contributed by atoms with van der Waals surface area (Å²) >= 11 is 5.54. The summed E-state index contributed by atoms with van der Waals surface area (Å²) in [6.07, 6.45) is -1.15. The molecule has 1 N–H and O–H groups in total. The predicted molar refractivity (Wildman–Crippen MR) is 101 cm³/mol. The topological polar surface area (TPSA) is 59.3 Å². The lowest BCUT2D eigenvalue weighted by molar-refractivity contribution is -0.137. The molecule has 0 spiro atoms. The Labute approximate surface area is 162 Å². The van der Waals surface area contributed by atoms with E-state index in [1.807, 2.05) is 6.92 Å². The van der Waals surface area contributed by atoms with Crippen molar-refractivity contribution in [3.05, 3.63) is 80.7 Å². The fourth-order valence-corrected chi connectivity index (χ4v) is 2.77. The summed E-state index contributed by atoms with van der Waals surface area (Å²) in [6.45, 7) is 1.83. The number of nitrogens with one attached hydrogen (secondary N) is 1. The first kappa shape index (κ1) is 19.7. The van der Waals surface area contributed by atoms with Gasteiger partial charge in [0.05, 0.1) is 21.5 Å². The summed E-state index contributed by atoms with van der Waals surface area (Å²) in [6, 6.07) is 8.17. The van der Waals surface area contributed by atoms with Crippen LogP contribution < -0.4 is 10.7 Å². The fourth-order valence-electron chi connectivity index (χ4n) is 2.54. The van der Waals surface area contributed by atoms with E-state index in [1.54, 1.807) is 18.2 Å². The van der Waals surface area contributed by atoms with Gasteiger partial charge in [0, 0.05) is 11.8 Å². The van der Waals surface area contributed by atoms with Crippen LogP contribution >= 0.6 is 11.6 Å². The number of benzene rings is 2. The van der Waals surface area contributed by atoms with Crippen LogP contribution in [-0.4, -0.2) is 5.91 Å². The van der Waals surface area contributed by atoms with Crippen molar-refractivity contribution in [2.45, 2.75) is 13.1 Å². The molecule has 0 aliphatic carbocycles. The Hall–Kier alpha value is -3.06. The van der Waals surface area contributed by atoms with Gasteiger partial charge in [0.25, 0.3) is 0 Å². The number of carbonyl (C=O) groups is 1. The van der Waals surface area contributed by atoms with Crippen LogP contribution in [0.15, 0.2) is 57.9 Å². The van der Waals surface area contributed by atoms with Crippen molar-refractivity contribution in [3.63, 3.8) is 0 Å². The first-order valence-electron chi connectivity index (χ1n) is 8.03. The number of fused-ring (bicyclic) bond motifs is 1. The lowest BCUT2D eigenvalue weighted by Crippen LogP contribution is -2.11. The third-order valence-corrected chi connectivity index (χ3v) is 4.24. The molecule has 0 saturated carbocycles. The summed E-state index contributed by atoms with van der Waals surface area (Å²) in [5.41, 5.74) is -0.0193. The zero-order chi connectivity index (χ0) is 20.5. The SMILES string of the molecule is Cc1ccc2occ(/C=C/C(=O)Nc3ccc(Cl)c(C(F)(F)F)c3)c(=O)c2c1. The van der Waals surface area contributed by atoms with Gasteiger partial charge in [-0.2, -0.15) is 13.2 Å². The van der Waals surface area contributed by atoms with Gasteiger partial charge in [-0.3, -0.25) is 9.59 Å². The van der Waals surface area contributed by atoms with E-state index in [2.05, 4.69) is 5.32 Å². The highest BCUT2D eigenvalue weighted by molar-refractivity contribution is 6.31. The number of hydrogen-bond acceptors (Lipinski definition) is 3. The number of anilines is 1. The van der Waals surface area contributed by atoms with E-state index in [0.29, 0.717) is 11.0 Å². The highest BCUT2D eigenvalue weighted by Gasteiger charge is 2.33. The predicted octanol–water partition coefficient (Wildman–Crippen LogP) is 5.43. The number of amides is 1. The summed E-state index contributed by atoms with van der Waals surface area (Å²) in [7, 11) is 0. The molecule has 4 nitrogen and oxygen atoms in total. The van der Waals surface area contributed by atoms with Gasteiger partial charge in [-0.05, 0) is 43.3 Å². The summed E-state index contributed by atoms with van der Waals surface area (Å²) < 4.78 is 44.0. The van der Waals surface area contributed by atoms with Gasteiger partial charge in [-0.25, -0.2) is 0 Å². The van der Waals surface area contributed by atoms with Crippen molar-refractivity contribution in [3.8, 4) is 0 Å².